The minimum absolute atomic E-state index is 0.240. The number of unbranched alkanes of at least 4 members (excludes halogenated alkanes) is 3. The second-order valence-electron chi connectivity index (χ2n) is 6.94. The van der Waals surface area contributed by atoms with Crippen LogP contribution in [-0.4, -0.2) is 29.9 Å². The maximum atomic E-state index is 11.2. The second kappa shape index (κ2) is 11.4. The summed E-state index contributed by atoms with van der Waals surface area (Å²) < 4.78 is 13.2. The maximum absolute atomic E-state index is 11.2. The van der Waals surface area contributed by atoms with Crippen LogP contribution in [0.5, 0.6) is 0 Å². The van der Waals surface area contributed by atoms with E-state index in [1.165, 1.54) is 58.8 Å². The summed E-state index contributed by atoms with van der Waals surface area (Å²) in [5.74, 6) is 3.12. The summed E-state index contributed by atoms with van der Waals surface area (Å²) in [4.78, 5) is 11.2. The van der Waals surface area contributed by atoms with Crippen molar-refractivity contribution < 1.29 is 9.53 Å². The van der Waals surface area contributed by atoms with Gasteiger partial charge < -0.3 is 0 Å². The van der Waals surface area contributed by atoms with E-state index in [2.05, 4.69) is 30.6 Å². The molecular weight excluding hydrogens is 379 g/mol. The van der Waals surface area contributed by atoms with Gasteiger partial charge in [0, 0.05) is 0 Å². The summed E-state index contributed by atoms with van der Waals surface area (Å²) in [6.45, 7) is 12.1. The van der Waals surface area contributed by atoms with Crippen LogP contribution in [0.4, 0.5) is 0 Å². The zero-order valence-electron chi connectivity index (χ0n) is 15.7. The van der Waals surface area contributed by atoms with Gasteiger partial charge in [0.25, 0.3) is 0 Å². The van der Waals surface area contributed by atoms with Crippen molar-refractivity contribution >= 4 is 24.3 Å². The Hall–Kier alpha value is -0.171. The zero-order valence-corrected chi connectivity index (χ0v) is 18.5. The van der Waals surface area contributed by atoms with Crippen molar-refractivity contribution in [2.75, 3.05) is 0 Å². The molecule has 128 valence electrons. The van der Waals surface area contributed by atoms with Crippen LogP contribution in [0.3, 0.4) is 0 Å². The molecule has 0 aliphatic rings. The molecule has 0 spiro atoms. The second-order valence-corrected chi connectivity index (χ2v) is 19.2. The molecule has 0 saturated heterocycles. The summed E-state index contributed by atoms with van der Waals surface area (Å²) >= 11 is -2.43. The fraction of sp³-hybridized carbons (Fsp3) is 0.842. The average Bonchev–Trinajstić information content (AvgIpc) is 2.44. The van der Waals surface area contributed by atoms with Crippen molar-refractivity contribution in [3.63, 3.8) is 0 Å². The van der Waals surface area contributed by atoms with E-state index in [1.807, 2.05) is 13.8 Å². The van der Waals surface area contributed by atoms with E-state index < -0.39 is 24.0 Å². The number of hydrogen-bond acceptors (Lipinski definition) is 2. The first-order chi connectivity index (χ1) is 10.3. The van der Waals surface area contributed by atoms with Crippen LogP contribution < -0.4 is 0 Å². The van der Waals surface area contributed by atoms with Crippen molar-refractivity contribution in [1.82, 2.24) is 0 Å². The Morgan fingerprint density at radius 1 is 0.955 bits per heavy atom. The molecule has 0 saturated carbocycles. The van der Waals surface area contributed by atoms with Crippen molar-refractivity contribution in [1.29, 1.82) is 0 Å². The van der Waals surface area contributed by atoms with Crippen molar-refractivity contribution in [3.05, 3.63) is 0 Å². The summed E-state index contributed by atoms with van der Waals surface area (Å²) in [7, 11) is 0. The van der Waals surface area contributed by atoms with Crippen LogP contribution in [0.2, 0.25) is 13.3 Å². The first-order valence-corrected chi connectivity index (χ1v) is 16.5. The quantitative estimate of drug-likeness (QED) is 0.259. The molecule has 0 N–H and O–H groups in total. The fourth-order valence-corrected chi connectivity index (χ4v) is 16.4. The van der Waals surface area contributed by atoms with E-state index >= 15 is 0 Å². The molecule has 2 nitrogen and oxygen atoms in total. The average molecular weight is 415 g/mol. The fourth-order valence-electron chi connectivity index (χ4n) is 2.78. The molecule has 0 bridgehead atoms. The molecule has 0 aromatic rings. The number of ether oxygens (including phenoxy) is 1. The summed E-state index contributed by atoms with van der Waals surface area (Å²) in [6.07, 6.45) is 7.70. The molecular formula is C19H36O2Sn. The van der Waals surface area contributed by atoms with Crippen molar-refractivity contribution in [3.8, 4) is 9.86 Å². The molecule has 0 aromatic heterocycles. The first-order valence-electron chi connectivity index (χ1n) is 9.04. The van der Waals surface area contributed by atoms with Crippen LogP contribution in [0.25, 0.3) is 0 Å². The van der Waals surface area contributed by atoms with Gasteiger partial charge in [0.2, 0.25) is 0 Å². The molecule has 0 atom stereocenters. The number of rotatable bonds is 10. The summed E-state index contributed by atoms with van der Waals surface area (Å²) in [5.41, 5.74) is -0.640. The molecule has 0 aliphatic heterocycles. The Morgan fingerprint density at radius 3 is 1.68 bits per heavy atom. The summed E-state index contributed by atoms with van der Waals surface area (Å²) in [5, 5.41) is 0. The molecule has 0 fully saturated rings. The van der Waals surface area contributed by atoms with Crippen LogP contribution in [-0.2, 0) is 9.53 Å². The zero-order chi connectivity index (χ0) is 17.1. The van der Waals surface area contributed by atoms with Gasteiger partial charge in [-0.25, -0.2) is 0 Å². The van der Waals surface area contributed by atoms with Crippen molar-refractivity contribution in [2.24, 2.45) is 0 Å². The third kappa shape index (κ3) is 9.77. The Labute approximate surface area is 142 Å². The standard InChI is InChI=1S/C7H9O2.3C4H9.Sn/c1-5-7(3,4)9-6(2)8;3*1-3-4-2;/h2-4H3;3*1,3-4H2,2H3;. The Balaban J connectivity index is 5.27. The van der Waals surface area contributed by atoms with E-state index in [0.717, 1.165) is 0 Å². The van der Waals surface area contributed by atoms with E-state index in [-0.39, 0.29) is 5.97 Å². The molecule has 0 rings (SSSR count). The van der Waals surface area contributed by atoms with Crippen LogP contribution in [0, 0.1) is 9.86 Å². The number of carbonyl (C=O) groups excluding carboxylic acids is 1. The molecule has 0 unspecified atom stereocenters. The van der Waals surface area contributed by atoms with Gasteiger partial charge >= 0.3 is 143 Å². The summed E-state index contributed by atoms with van der Waals surface area (Å²) in [6, 6.07) is 0. The van der Waals surface area contributed by atoms with Gasteiger partial charge in [-0.3, -0.25) is 0 Å². The van der Waals surface area contributed by atoms with Crippen molar-refractivity contribution in [2.45, 2.75) is 99.0 Å². The topological polar surface area (TPSA) is 26.3 Å². The minimum atomic E-state index is -2.43. The van der Waals surface area contributed by atoms with E-state index in [0.29, 0.717) is 0 Å². The molecule has 0 aromatic carbocycles. The van der Waals surface area contributed by atoms with Crippen LogP contribution in [0.15, 0.2) is 0 Å². The van der Waals surface area contributed by atoms with Gasteiger partial charge in [-0.1, -0.05) is 0 Å². The van der Waals surface area contributed by atoms with Crippen LogP contribution >= 0.6 is 0 Å². The van der Waals surface area contributed by atoms with E-state index in [1.54, 1.807) is 0 Å². The van der Waals surface area contributed by atoms with E-state index in [4.69, 9.17) is 4.74 Å². The molecule has 0 aliphatic carbocycles. The van der Waals surface area contributed by atoms with Gasteiger partial charge in [0.15, 0.2) is 0 Å². The first kappa shape index (κ1) is 21.8. The Morgan fingerprint density at radius 2 is 1.36 bits per heavy atom. The van der Waals surface area contributed by atoms with Crippen LogP contribution in [0.1, 0.15) is 80.1 Å². The van der Waals surface area contributed by atoms with Gasteiger partial charge in [0.05, 0.1) is 0 Å². The molecule has 0 amide bonds. The molecule has 22 heavy (non-hydrogen) atoms. The third-order valence-corrected chi connectivity index (χ3v) is 17.1. The Bertz CT molecular complexity index is 355. The number of carbonyl (C=O) groups is 1. The molecule has 0 radical (unpaired) electrons. The van der Waals surface area contributed by atoms with Gasteiger partial charge in [0.1, 0.15) is 0 Å². The molecule has 0 heterocycles. The SMILES string of the molecule is CCC[CH2][Sn]([C]#CC(C)(C)OC(C)=O)([CH2]CCC)[CH2]CCC. The van der Waals surface area contributed by atoms with Gasteiger partial charge in [-0.15, -0.1) is 0 Å². The van der Waals surface area contributed by atoms with Gasteiger partial charge in [-0.05, 0) is 0 Å². The predicted molar refractivity (Wildman–Crippen MR) is 98.5 cm³/mol. The third-order valence-electron chi connectivity index (χ3n) is 4.05. The molecule has 3 heteroatoms. The predicted octanol–water partition coefficient (Wildman–Crippen LogP) is 5.72. The Kier molecular flexibility index (Phi) is 11.3. The number of esters is 1. The number of hydrogen-bond donors (Lipinski definition) is 0. The van der Waals surface area contributed by atoms with Gasteiger partial charge in [-0.2, -0.15) is 0 Å². The van der Waals surface area contributed by atoms with E-state index in [9.17, 15) is 4.79 Å². The normalized spacial score (nSPS) is 11.7. The monoisotopic (exact) mass is 416 g/mol.